The molecule has 0 spiro atoms. The van der Waals surface area contributed by atoms with Crippen molar-refractivity contribution < 1.29 is 14.3 Å². The first-order valence-corrected chi connectivity index (χ1v) is 9.20. The first-order chi connectivity index (χ1) is 11.8. The number of aryl methyl sites for hydroxylation is 2. The molecule has 132 valence electrons. The van der Waals surface area contributed by atoms with Crippen molar-refractivity contribution in [2.24, 2.45) is 0 Å². The summed E-state index contributed by atoms with van der Waals surface area (Å²) < 4.78 is 4.98. The van der Waals surface area contributed by atoms with Crippen molar-refractivity contribution in [1.29, 1.82) is 0 Å². The van der Waals surface area contributed by atoms with Gasteiger partial charge in [-0.25, -0.2) is 0 Å². The van der Waals surface area contributed by atoms with E-state index in [-0.39, 0.29) is 18.3 Å². The fourth-order valence-corrected chi connectivity index (χ4v) is 3.34. The van der Waals surface area contributed by atoms with E-state index in [4.69, 9.17) is 27.9 Å². The van der Waals surface area contributed by atoms with Crippen LogP contribution in [0.3, 0.4) is 0 Å². The first kappa shape index (κ1) is 19.6. The van der Waals surface area contributed by atoms with E-state index in [0.717, 1.165) is 11.1 Å². The van der Waals surface area contributed by atoms with E-state index in [1.54, 1.807) is 18.2 Å². The van der Waals surface area contributed by atoms with E-state index in [1.807, 2.05) is 32.0 Å². The minimum Gasteiger partial charge on any atom is -0.455 e. The van der Waals surface area contributed by atoms with Gasteiger partial charge < -0.3 is 10.1 Å². The summed E-state index contributed by atoms with van der Waals surface area (Å²) in [7, 11) is 0. The molecule has 0 saturated carbocycles. The zero-order valence-electron chi connectivity index (χ0n) is 13.8. The van der Waals surface area contributed by atoms with Crippen LogP contribution in [0.15, 0.2) is 41.3 Å². The van der Waals surface area contributed by atoms with Gasteiger partial charge in [0.2, 0.25) is 0 Å². The van der Waals surface area contributed by atoms with Crippen molar-refractivity contribution in [3.63, 3.8) is 0 Å². The molecule has 0 fully saturated rings. The van der Waals surface area contributed by atoms with Crippen LogP contribution < -0.4 is 5.32 Å². The number of carbonyl (C=O) groups is 2. The molecule has 0 saturated heterocycles. The SMILES string of the molecule is Cc1ccc(NC(=O)COC(=O)CSc2cc(Cl)ccc2Cl)c(C)c1. The van der Waals surface area contributed by atoms with Gasteiger partial charge in [-0.3, -0.25) is 9.59 Å². The Morgan fingerprint density at radius 2 is 1.88 bits per heavy atom. The number of nitrogens with one attached hydrogen (secondary N) is 1. The Morgan fingerprint density at radius 1 is 1.12 bits per heavy atom. The molecule has 2 aromatic carbocycles. The lowest BCUT2D eigenvalue weighted by Crippen LogP contribution is -2.22. The van der Waals surface area contributed by atoms with E-state index in [9.17, 15) is 9.59 Å². The second kappa shape index (κ2) is 9.13. The van der Waals surface area contributed by atoms with E-state index in [1.165, 1.54) is 11.8 Å². The molecule has 1 N–H and O–H groups in total. The van der Waals surface area contributed by atoms with Crippen LogP contribution in [0, 0.1) is 13.8 Å². The topological polar surface area (TPSA) is 55.4 Å². The molecular formula is C18H17Cl2NO3S. The smallest absolute Gasteiger partial charge is 0.316 e. The van der Waals surface area contributed by atoms with Crippen molar-refractivity contribution in [3.05, 3.63) is 57.6 Å². The number of esters is 1. The Bertz CT molecular complexity index is 796. The largest absolute Gasteiger partial charge is 0.455 e. The van der Waals surface area contributed by atoms with Crippen molar-refractivity contribution in [2.45, 2.75) is 18.7 Å². The molecule has 1 amide bonds. The highest BCUT2D eigenvalue weighted by Gasteiger charge is 2.11. The van der Waals surface area contributed by atoms with Gasteiger partial charge in [-0.15, -0.1) is 11.8 Å². The average molecular weight is 398 g/mol. The summed E-state index contributed by atoms with van der Waals surface area (Å²) in [4.78, 5) is 24.4. The van der Waals surface area contributed by atoms with Gasteiger partial charge in [-0.05, 0) is 43.7 Å². The van der Waals surface area contributed by atoms with Crippen molar-refractivity contribution >= 4 is 52.5 Å². The van der Waals surface area contributed by atoms with Gasteiger partial charge in [0.1, 0.15) is 0 Å². The van der Waals surface area contributed by atoms with E-state index in [0.29, 0.717) is 20.6 Å². The quantitative estimate of drug-likeness (QED) is 0.557. The lowest BCUT2D eigenvalue weighted by molar-refractivity contribution is -0.144. The zero-order valence-corrected chi connectivity index (χ0v) is 16.1. The number of hydrogen-bond acceptors (Lipinski definition) is 4. The standard InChI is InChI=1S/C18H17Cl2NO3S/c1-11-3-6-15(12(2)7-11)21-17(22)9-24-18(23)10-25-16-8-13(19)4-5-14(16)20/h3-8H,9-10H2,1-2H3,(H,21,22). The maximum atomic E-state index is 11.9. The third-order valence-corrected chi connectivity index (χ3v) is 4.96. The van der Waals surface area contributed by atoms with Gasteiger partial charge in [-0.1, -0.05) is 40.9 Å². The second-order valence-corrected chi connectivity index (χ2v) is 7.25. The molecule has 0 unspecified atom stereocenters. The van der Waals surface area contributed by atoms with Crippen LogP contribution in [0.1, 0.15) is 11.1 Å². The maximum absolute atomic E-state index is 11.9. The predicted molar refractivity (Wildman–Crippen MR) is 103 cm³/mol. The van der Waals surface area contributed by atoms with E-state index >= 15 is 0 Å². The number of anilines is 1. The second-order valence-electron chi connectivity index (χ2n) is 5.39. The maximum Gasteiger partial charge on any atom is 0.316 e. The monoisotopic (exact) mass is 397 g/mol. The molecule has 0 aliphatic carbocycles. The molecule has 0 aromatic heterocycles. The van der Waals surface area contributed by atoms with Gasteiger partial charge >= 0.3 is 5.97 Å². The normalized spacial score (nSPS) is 10.4. The Balaban J connectivity index is 1.79. The lowest BCUT2D eigenvalue weighted by Gasteiger charge is -2.10. The summed E-state index contributed by atoms with van der Waals surface area (Å²) in [6.45, 7) is 3.54. The number of ether oxygens (including phenoxy) is 1. The van der Waals surface area contributed by atoms with Crippen LogP contribution in [0.5, 0.6) is 0 Å². The number of thioether (sulfide) groups is 1. The van der Waals surface area contributed by atoms with Crippen LogP contribution in [0.4, 0.5) is 5.69 Å². The summed E-state index contributed by atoms with van der Waals surface area (Å²) >= 11 is 13.1. The summed E-state index contributed by atoms with van der Waals surface area (Å²) in [5.41, 5.74) is 2.76. The highest BCUT2D eigenvalue weighted by Crippen LogP contribution is 2.29. The molecule has 0 aliphatic heterocycles. The molecule has 0 aliphatic rings. The fourth-order valence-electron chi connectivity index (χ4n) is 2.05. The molecule has 4 nitrogen and oxygen atoms in total. The Kier molecular flexibility index (Phi) is 7.17. The van der Waals surface area contributed by atoms with Crippen LogP contribution in [-0.2, 0) is 14.3 Å². The summed E-state index contributed by atoms with van der Waals surface area (Å²) in [5.74, 6) is -0.848. The average Bonchev–Trinajstić information content (AvgIpc) is 2.56. The van der Waals surface area contributed by atoms with Crippen LogP contribution >= 0.6 is 35.0 Å². The minimum absolute atomic E-state index is 0.0386. The Morgan fingerprint density at radius 3 is 2.60 bits per heavy atom. The van der Waals surface area contributed by atoms with Gasteiger partial charge in [0.15, 0.2) is 6.61 Å². The van der Waals surface area contributed by atoms with Gasteiger partial charge in [-0.2, -0.15) is 0 Å². The van der Waals surface area contributed by atoms with E-state index in [2.05, 4.69) is 5.32 Å². The zero-order chi connectivity index (χ0) is 18.4. The number of benzene rings is 2. The molecule has 0 bridgehead atoms. The fraction of sp³-hybridized carbons (Fsp3) is 0.222. The summed E-state index contributed by atoms with van der Waals surface area (Å²) in [6, 6.07) is 10.7. The van der Waals surface area contributed by atoms with Gasteiger partial charge in [0, 0.05) is 15.6 Å². The minimum atomic E-state index is -0.503. The number of hydrogen-bond donors (Lipinski definition) is 1. The lowest BCUT2D eigenvalue weighted by atomic mass is 10.1. The molecule has 7 heteroatoms. The van der Waals surface area contributed by atoms with Crippen LogP contribution in [0.2, 0.25) is 10.0 Å². The van der Waals surface area contributed by atoms with Gasteiger partial charge in [0.25, 0.3) is 5.91 Å². The molecule has 0 atom stereocenters. The number of carbonyl (C=O) groups excluding carboxylic acids is 2. The molecule has 2 rings (SSSR count). The Labute approximate surface area is 160 Å². The molecule has 25 heavy (non-hydrogen) atoms. The Hall–Kier alpha value is -1.69. The molecule has 0 heterocycles. The number of halogens is 2. The third-order valence-electron chi connectivity index (χ3n) is 3.26. The van der Waals surface area contributed by atoms with Crippen molar-refractivity contribution in [3.8, 4) is 0 Å². The first-order valence-electron chi connectivity index (χ1n) is 7.45. The third kappa shape index (κ3) is 6.27. The molecule has 2 aromatic rings. The van der Waals surface area contributed by atoms with E-state index < -0.39 is 5.97 Å². The van der Waals surface area contributed by atoms with Crippen molar-refractivity contribution in [2.75, 3.05) is 17.7 Å². The summed E-state index contributed by atoms with van der Waals surface area (Å²) in [6.07, 6.45) is 0. The highest BCUT2D eigenvalue weighted by molar-refractivity contribution is 8.00. The molecule has 0 radical (unpaired) electrons. The highest BCUT2D eigenvalue weighted by atomic mass is 35.5. The summed E-state index contributed by atoms with van der Waals surface area (Å²) in [5, 5.41) is 3.77. The van der Waals surface area contributed by atoms with Crippen LogP contribution in [-0.4, -0.2) is 24.2 Å². The number of amides is 1. The number of rotatable bonds is 6. The van der Waals surface area contributed by atoms with Gasteiger partial charge in [0.05, 0.1) is 10.8 Å². The van der Waals surface area contributed by atoms with Crippen LogP contribution in [0.25, 0.3) is 0 Å². The molecular weight excluding hydrogens is 381 g/mol. The predicted octanol–water partition coefficient (Wildman–Crippen LogP) is 4.88. The van der Waals surface area contributed by atoms with Crippen molar-refractivity contribution in [1.82, 2.24) is 0 Å².